The van der Waals surface area contributed by atoms with Crippen molar-refractivity contribution >= 4 is 5.91 Å². The van der Waals surface area contributed by atoms with Gasteiger partial charge in [-0.05, 0) is 36.9 Å². The summed E-state index contributed by atoms with van der Waals surface area (Å²) in [5.41, 5.74) is 4.96. The standard InChI is InChI=1S/C16H21F3N2O/c17-16(18,19)13-7-3-1-5-11(13)9-15(22)21-14-8-4-2-6-12(14)10-20/h1,3,5,7,12,14H,2,4,6,8-10,20H2,(H,21,22). The van der Waals surface area contributed by atoms with Crippen LogP contribution < -0.4 is 11.1 Å². The molecule has 0 aliphatic heterocycles. The molecule has 1 aromatic carbocycles. The van der Waals surface area contributed by atoms with Gasteiger partial charge in [0.2, 0.25) is 5.91 Å². The molecule has 22 heavy (non-hydrogen) atoms. The van der Waals surface area contributed by atoms with Crippen LogP contribution in [-0.4, -0.2) is 18.5 Å². The Morgan fingerprint density at radius 3 is 2.59 bits per heavy atom. The van der Waals surface area contributed by atoms with Crippen molar-refractivity contribution in [2.75, 3.05) is 6.54 Å². The van der Waals surface area contributed by atoms with Gasteiger partial charge in [-0.25, -0.2) is 0 Å². The minimum Gasteiger partial charge on any atom is -0.353 e. The van der Waals surface area contributed by atoms with E-state index in [9.17, 15) is 18.0 Å². The first kappa shape index (κ1) is 16.8. The third-order valence-corrected chi connectivity index (χ3v) is 4.23. The predicted octanol–water partition coefficient (Wildman–Crippen LogP) is 2.88. The first-order valence-corrected chi connectivity index (χ1v) is 7.56. The van der Waals surface area contributed by atoms with Crippen molar-refractivity contribution in [1.29, 1.82) is 0 Å². The van der Waals surface area contributed by atoms with Gasteiger partial charge in [-0.1, -0.05) is 31.0 Å². The zero-order valence-electron chi connectivity index (χ0n) is 12.3. The molecule has 122 valence electrons. The van der Waals surface area contributed by atoms with Gasteiger partial charge in [0, 0.05) is 6.04 Å². The van der Waals surface area contributed by atoms with E-state index in [1.807, 2.05) is 0 Å². The van der Waals surface area contributed by atoms with Crippen LogP contribution in [0, 0.1) is 5.92 Å². The van der Waals surface area contributed by atoms with Crippen LogP contribution in [0.4, 0.5) is 13.2 Å². The van der Waals surface area contributed by atoms with Crippen LogP contribution >= 0.6 is 0 Å². The number of hydrogen-bond acceptors (Lipinski definition) is 2. The van der Waals surface area contributed by atoms with Crippen LogP contribution in [-0.2, 0) is 17.4 Å². The zero-order valence-corrected chi connectivity index (χ0v) is 12.3. The molecule has 0 bridgehead atoms. The summed E-state index contributed by atoms with van der Waals surface area (Å²) >= 11 is 0. The van der Waals surface area contributed by atoms with Crippen LogP contribution in [0.5, 0.6) is 0 Å². The van der Waals surface area contributed by atoms with Crippen molar-refractivity contribution in [3.63, 3.8) is 0 Å². The summed E-state index contributed by atoms with van der Waals surface area (Å²) in [4.78, 5) is 12.1. The number of nitrogens with two attached hydrogens (primary N) is 1. The van der Waals surface area contributed by atoms with Crippen LogP contribution in [0.15, 0.2) is 24.3 Å². The van der Waals surface area contributed by atoms with Gasteiger partial charge in [0.25, 0.3) is 0 Å². The molecule has 1 aliphatic carbocycles. The van der Waals surface area contributed by atoms with E-state index < -0.39 is 11.7 Å². The molecule has 0 aromatic heterocycles. The van der Waals surface area contributed by atoms with Crippen molar-refractivity contribution in [3.05, 3.63) is 35.4 Å². The summed E-state index contributed by atoms with van der Waals surface area (Å²) in [6.07, 6.45) is -0.800. The number of alkyl halides is 3. The lowest BCUT2D eigenvalue weighted by Gasteiger charge is -2.31. The summed E-state index contributed by atoms with van der Waals surface area (Å²) in [6.45, 7) is 0.490. The van der Waals surface area contributed by atoms with Gasteiger partial charge in [-0.2, -0.15) is 13.2 Å². The molecule has 0 heterocycles. The zero-order chi connectivity index (χ0) is 16.2. The number of hydrogen-bond donors (Lipinski definition) is 2. The number of carbonyl (C=O) groups excluding carboxylic acids is 1. The van der Waals surface area contributed by atoms with Gasteiger partial charge >= 0.3 is 6.18 Å². The van der Waals surface area contributed by atoms with Crippen LogP contribution in [0.25, 0.3) is 0 Å². The Bertz CT molecular complexity index is 516. The lowest BCUT2D eigenvalue weighted by atomic mass is 9.84. The fourth-order valence-electron chi connectivity index (χ4n) is 3.06. The Balaban J connectivity index is 2.03. The Kier molecular flexibility index (Phi) is 5.45. The van der Waals surface area contributed by atoms with Gasteiger partial charge < -0.3 is 11.1 Å². The Morgan fingerprint density at radius 2 is 1.91 bits per heavy atom. The van der Waals surface area contributed by atoms with E-state index in [1.165, 1.54) is 18.2 Å². The van der Waals surface area contributed by atoms with Gasteiger partial charge in [-0.3, -0.25) is 4.79 Å². The maximum atomic E-state index is 12.9. The second-order valence-electron chi connectivity index (χ2n) is 5.79. The topological polar surface area (TPSA) is 55.1 Å². The molecule has 3 nitrogen and oxygen atoms in total. The third-order valence-electron chi connectivity index (χ3n) is 4.23. The molecular weight excluding hydrogens is 293 g/mol. The van der Waals surface area contributed by atoms with E-state index in [2.05, 4.69) is 5.32 Å². The molecule has 2 rings (SSSR count). The number of nitrogens with one attached hydrogen (secondary N) is 1. The van der Waals surface area contributed by atoms with E-state index in [4.69, 9.17) is 5.73 Å². The van der Waals surface area contributed by atoms with Crippen LogP contribution in [0.2, 0.25) is 0 Å². The highest BCUT2D eigenvalue weighted by Crippen LogP contribution is 2.32. The van der Waals surface area contributed by atoms with Crippen molar-refractivity contribution in [1.82, 2.24) is 5.32 Å². The molecule has 1 aliphatic rings. The number of halogens is 3. The lowest BCUT2D eigenvalue weighted by Crippen LogP contribution is -2.45. The van der Waals surface area contributed by atoms with Crippen molar-refractivity contribution in [3.8, 4) is 0 Å². The number of rotatable bonds is 4. The highest BCUT2D eigenvalue weighted by Gasteiger charge is 2.33. The van der Waals surface area contributed by atoms with E-state index in [-0.39, 0.29) is 29.9 Å². The molecule has 1 fully saturated rings. The SMILES string of the molecule is NCC1CCCCC1NC(=O)Cc1ccccc1C(F)(F)F. The second-order valence-corrected chi connectivity index (χ2v) is 5.79. The minimum atomic E-state index is -4.44. The average Bonchev–Trinajstić information content (AvgIpc) is 2.47. The minimum absolute atomic E-state index is 0.00704. The third kappa shape index (κ3) is 4.22. The summed E-state index contributed by atoms with van der Waals surface area (Å²) in [5, 5.41) is 2.86. The Labute approximate surface area is 128 Å². The molecule has 0 spiro atoms. The van der Waals surface area contributed by atoms with Crippen molar-refractivity contribution < 1.29 is 18.0 Å². The number of amides is 1. The van der Waals surface area contributed by atoms with E-state index in [1.54, 1.807) is 0 Å². The van der Waals surface area contributed by atoms with E-state index >= 15 is 0 Å². The highest BCUT2D eigenvalue weighted by atomic mass is 19.4. The largest absolute Gasteiger partial charge is 0.416 e. The van der Waals surface area contributed by atoms with Crippen LogP contribution in [0.1, 0.15) is 36.8 Å². The molecule has 0 radical (unpaired) electrons. The predicted molar refractivity (Wildman–Crippen MR) is 78.1 cm³/mol. The fourth-order valence-corrected chi connectivity index (χ4v) is 3.06. The highest BCUT2D eigenvalue weighted by molar-refractivity contribution is 5.79. The summed E-state index contributed by atoms with van der Waals surface area (Å²) in [5.74, 6) is -0.155. The monoisotopic (exact) mass is 314 g/mol. The maximum Gasteiger partial charge on any atom is 0.416 e. The number of benzene rings is 1. The summed E-state index contributed by atoms with van der Waals surface area (Å²) < 4.78 is 38.8. The Morgan fingerprint density at radius 1 is 1.23 bits per heavy atom. The Hall–Kier alpha value is -1.56. The molecular formula is C16H21F3N2O. The molecule has 0 saturated heterocycles. The molecule has 3 N–H and O–H groups in total. The lowest BCUT2D eigenvalue weighted by molar-refractivity contribution is -0.138. The number of carbonyl (C=O) groups is 1. The molecule has 1 amide bonds. The fraction of sp³-hybridized carbons (Fsp3) is 0.562. The summed E-state index contributed by atoms with van der Waals surface area (Å²) in [6, 6.07) is 5.18. The van der Waals surface area contributed by atoms with Crippen molar-refractivity contribution in [2.45, 2.75) is 44.3 Å². The molecule has 6 heteroatoms. The second kappa shape index (κ2) is 7.13. The normalized spacial score (nSPS) is 22.4. The van der Waals surface area contributed by atoms with Gasteiger partial charge in [0.15, 0.2) is 0 Å². The smallest absolute Gasteiger partial charge is 0.353 e. The van der Waals surface area contributed by atoms with Gasteiger partial charge in [-0.15, -0.1) is 0 Å². The molecule has 1 aromatic rings. The summed E-state index contributed by atoms with van der Waals surface area (Å²) in [7, 11) is 0. The van der Waals surface area contributed by atoms with E-state index in [0.29, 0.717) is 6.54 Å². The molecule has 1 saturated carbocycles. The quantitative estimate of drug-likeness (QED) is 0.898. The van der Waals surface area contributed by atoms with Gasteiger partial charge in [0.1, 0.15) is 0 Å². The average molecular weight is 314 g/mol. The molecule has 2 unspecified atom stereocenters. The molecule has 2 atom stereocenters. The first-order valence-electron chi connectivity index (χ1n) is 7.56. The first-order chi connectivity index (χ1) is 10.4. The van der Waals surface area contributed by atoms with Crippen molar-refractivity contribution in [2.24, 2.45) is 11.7 Å². The maximum absolute atomic E-state index is 12.9. The van der Waals surface area contributed by atoms with E-state index in [0.717, 1.165) is 31.7 Å². The van der Waals surface area contributed by atoms with Gasteiger partial charge in [0.05, 0.1) is 12.0 Å². The van der Waals surface area contributed by atoms with Crippen LogP contribution in [0.3, 0.4) is 0 Å².